The summed E-state index contributed by atoms with van der Waals surface area (Å²) in [6, 6.07) is 0. The van der Waals surface area contributed by atoms with Crippen molar-refractivity contribution in [3.05, 3.63) is 0 Å². The van der Waals surface area contributed by atoms with E-state index in [-0.39, 0.29) is 11.5 Å². The lowest BCUT2D eigenvalue weighted by molar-refractivity contribution is -0.114. The number of rotatable bonds is 5. The molecule has 0 unspecified atom stereocenters. The van der Waals surface area contributed by atoms with Gasteiger partial charge in [0, 0.05) is 13.1 Å². The topological polar surface area (TPSA) is 32.7 Å². The lowest BCUT2D eigenvalue weighted by atomic mass is 9.70. The molecule has 2 saturated carbocycles. The summed E-state index contributed by atoms with van der Waals surface area (Å²) in [5.74, 6) is 1.58. The van der Waals surface area contributed by atoms with Crippen LogP contribution in [0, 0.1) is 22.7 Å². The minimum absolute atomic E-state index is 0.270. The summed E-state index contributed by atoms with van der Waals surface area (Å²) >= 11 is 0. The largest absolute Gasteiger partial charge is 0.389 e. The molecular weight excluding hydrogens is 274 g/mol. The molecule has 128 valence electrons. The zero-order chi connectivity index (χ0) is 16.0. The number of hydrogen-bond donors (Lipinski definition) is 1. The van der Waals surface area contributed by atoms with Crippen LogP contribution in [0.2, 0.25) is 0 Å². The highest BCUT2D eigenvalue weighted by molar-refractivity contribution is 5.09. The molecule has 3 rings (SSSR count). The maximum atomic E-state index is 10.4. The lowest BCUT2D eigenvalue weighted by Gasteiger charge is -2.43. The first kappa shape index (κ1) is 16.7. The molecule has 1 N–H and O–H groups in total. The van der Waals surface area contributed by atoms with Crippen molar-refractivity contribution < 1.29 is 9.84 Å². The van der Waals surface area contributed by atoms with E-state index in [0.29, 0.717) is 18.1 Å². The van der Waals surface area contributed by atoms with E-state index in [9.17, 15) is 5.11 Å². The maximum Gasteiger partial charge on any atom is 0.0900 e. The average molecular weight is 309 g/mol. The van der Waals surface area contributed by atoms with Gasteiger partial charge in [-0.15, -0.1) is 0 Å². The van der Waals surface area contributed by atoms with Crippen molar-refractivity contribution in [2.45, 2.75) is 72.0 Å². The van der Waals surface area contributed by atoms with Gasteiger partial charge in [0.25, 0.3) is 0 Å². The van der Waals surface area contributed by atoms with E-state index in [1.807, 2.05) is 0 Å². The van der Waals surface area contributed by atoms with Gasteiger partial charge in [-0.25, -0.2) is 0 Å². The number of hydrogen-bond acceptors (Lipinski definition) is 3. The third-order valence-electron chi connectivity index (χ3n) is 6.80. The van der Waals surface area contributed by atoms with Crippen LogP contribution in [-0.4, -0.2) is 48.5 Å². The minimum Gasteiger partial charge on any atom is -0.389 e. The fraction of sp³-hybridized carbons (Fsp3) is 1.00. The number of fused-ring (bicyclic) bond motifs is 2. The number of β-amino-alcohol motifs (C(OH)–C–C–N with tert-alkyl or cyclic N) is 1. The Morgan fingerprint density at radius 1 is 1.27 bits per heavy atom. The number of ether oxygens (including phenoxy) is 1. The highest BCUT2D eigenvalue weighted by Crippen LogP contribution is 2.63. The van der Waals surface area contributed by atoms with Crippen LogP contribution >= 0.6 is 0 Å². The third kappa shape index (κ3) is 3.09. The molecule has 3 nitrogen and oxygen atoms in total. The molecule has 0 aromatic carbocycles. The zero-order valence-corrected chi connectivity index (χ0v) is 15.0. The molecule has 1 aliphatic heterocycles. The summed E-state index contributed by atoms with van der Waals surface area (Å²) < 4.78 is 6.31. The number of likely N-dealkylation sites (tertiary alicyclic amines) is 1. The molecule has 1 heterocycles. The maximum absolute atomic E-state index is 10.4. The summed E-state index contributed by atoms with van der Waals surface area (Å²) in [5, 5.41) is 10.4. The van der Waals surface area contributed by atoms with E-state index in [1.54, 1.807) is 0 Å². The van der Waals surface area contributed by atoms with Crippen molar-refractivity contribution >= 4 is 0 Å². The minimum atomic E-state index is -0.344. The van der Waals surface area contributed by atoms with Crippen LogP contribution in [0.25, 0.3) is 0 Å². The fourth-order valence-electron chi connectivity index (χ4n) is 5.68. The second-order valence-corrected chi connectivity index (χ2v) is 9.29. The Morgan fingerprint density at radius 2 is 2.05 bits per heavy atom. The molecule has 2 aliphatic carbocycles. The first-order valence-electron chi connectivity index (χ1n) is 9.33. The average Bonchev–Trinajstić information content (AvgIpc) is 2.89. The van der Waals surface area contributed by atoms with Crippen LogP contribution < -0.4 is 0 Å². The first-order chi connectivity index (χ1) is 10.3. The Labute approximate surface area is 136 Å². The van der Waals surface area contributed by atoms with Crippen molar-refractivity contribution in [2.24, 2.45) is 22.7 Å². The normalized spacial score (nSPS) is 42.7. The number of piperidine rings is 1. The van der Waals surface area contributed by atoms with Crippen LogP contribution in [0.4, 0.5) is 0 Å². The van der Waals surface area contributed by atoms with Crippen LogP contribution in [0.3, 0.4) is 0 Å². The third-order valence-corrected chi connectivity index (χ3v) is 6.80. The summed E-state index contributed by atoms with van der Waals surface area (Å²) in [6.07, 6.45) is 6.54. The van der Waals surface area contributed by atoms with Crippen LogP contribution in [-0.2, 0) is 4.74 Å². The molecular formula is C19H35NO2. The molecule has 3 heteroatoms. The Hall–Kier alpha value is -0.120. The van der Waals surface area contributed by atoms with E-state index in [2.05, 4.69) is 32.6 Å². The monoisotopic (exact) mass is 309 g/mol. The molecule has 1 saturated heterocycles. The van der Waals surface area contributed by atoms with E-state index in [1.165, 1.54) is 32.1 Å². The summed E-state index contributed by atoms with van der Waals surface area (Å²) in [5.41, 5.74) is 0.611. The highest BCUT2D eigenvalue weighted by atomic mass is 16.5. The molecule has 3 fully saturated rings. The van der Waals surface area contributed by atoms with Gasteiger partial charge in [-0.3, -0.25) is 0 Å². The van der Waals surface area contributed by atoms with Crippen LogP contribution in [0.1, 0.15) is 59.8 Å². The van der Waals surface area contributed by atoms with Gasteiger partial charge in [-0.1, -0.05) is 27.7 Å². The smallest absolute Gasteiger partial charge is 0.0900 e. The fourth-order valence-corrected chi connectivity index (χ4v) is 5.68. The van der Waals surface area contributed by atoms with E-state index in [4.69, 9.17) is 4.74 Å². The van der Waals surface area contributed by atoms with Gasteiger partial charge >= 0.3 is 0 Å². The van der Waals surface area contributed by atoms with Crippen LogP contribution in [0.15, 0.2) is 0 Å². The van der Waals surface area contributed by atoms with E-state index < -0.39 is 0 Å². The Kier molecular flexibility index (Phi) is 4.61. The number of aliphatic hydroxyl groups is 1. The number of aliphatic hydroxyl groups excluding tert-OH is 1. The van der Waals surface area contributed by atoms with Gasteiger partial charge in [0.05, 0.1) is 18.8 Å². The first-order valence-corrected chi connectivity index (χ1v) is 9.33. The standard InChI is InChI=1S/C19H35NO2/c1-14-6-5-9-20(11-14)12-16(21)13-22-17-18(2,3)15-7-8-19(17,4)10-15/h14-17,21H,5-13H2,1-4H3/t14-,15+,16-,17+,19+/m0/s1. The van der Waals surface area contributed by atoms with Gasteiger partial charge in [0.2, 0.25) is 0 Å². The Bertz CT molecular complexity index is 392. The Balaban J connectivity index is 1.49. The molecule has 3 aliphatic rings. The molecule has 0 amide bonds. The van der Waals surface area contributed by atoms with Gasteiger partial charge in [-0.2, -0.15) is 0 Å². The highest BCUT2D eigenvalue weighted by Gasteiger charge is 2.60. The predicted molar refractivity (Wildman–Crippen MR) is 89.8 cm³/mol. The van der Waals surface area contributed by atoms with Crippen LogP contribution in [0.5, 0.6) is 0 Å². The molecule has 0 aromatic rings. The summed E-state index contributed by atoms with van der Waals surface area (Å²) in [7, 11) is 0. The zero-order valence-electron chi connectivity index (χ0n) is 15.0. The van der Waals surface area contributed by atoms with Gasteiger partial charge < -0.3 is 14.7 Å². The molecule has 0 aromatic heterocycles. The van der Waals surface area contributed by atoms with Gasteiger partial charge in [0.1, 0.15) is 0 Å². The van der Waals surface area contributed by atoms with E-state index >= 15 is 0 Å². The summed E-state index contributed by atoms with van der Waals surface area (Å²) in [4.78, 5) is 2.41. The van der Waals surface area contributed by atoms with Crippen molar-refractivity contribution in [2.75, 3.05) is 26.2 Å². The molecule has 0 radical (unpaired) electrons. The molecule has 0 spiro atoms. The number of nitrogens with zero attached hydrogens (tertiary/aromatic N) is 1. The lowest BCUT2D eigenvalue weighted by Crippen LogP contribution is -2.45. The van der Waals surface area contributed by atoms with Crippen molar-refractivity contribution in [3.8, 4) is 0 Å². The Morgan fingerprint density at radius 3 is 2.68 bits per heavy atom. The van der Waals surface area contributed by atoms with Crippen molar-refractivity contribution in [3.63, 3.8) is 0 Å². The summed E-state index contributed by atoms with van der Waals surface area (Å²) in [6.45, 7) is 13.0. The quantitative estimate of drug-likeness (QED) is 0.846. The molecule has 22 heavy (non-hydrogen) atoms. The SMILES string of the molecule is C[C@H]1CCCN(C[C@H](O)CO[C@@H]2C(C)(C)[C@@H]3CC[C@]2(C)C3)C1. The second-order valence-electron chi connectivity index (χ2n) is 9.29. The van der Waals surface area contributed by atoms with Gasteiger partial charge in [0.15, 0.2) is 0 Å². The molecule has 5 atom stereocenters. The van der Waals surface area contributed by atoms with Crippen molar-refractivity contribution in [1.82, 2.24) is 4.90 Å². The van der Waals surface area contributed by atoms with Crippen molar-refractivity contribution in [1.29, 1.82) is 0 Å². The van der Waals surface area contributed by atoms with Gasteiger partial charge in [-0.05, 0) is 61.3 Å². The van der Waals surface area contributed by atoms with E-state index in [0.717, 1.165) is 31.5 Å². The second kappa shape index (κ2) is 6.07. The predicted octanol–water partition coefficient (Wildman–Crippen LogP) is 3.31. The molecule has 2 bridgehead atoms.